The molecule has 0 radical (unpaired) electrons. The third kappa shape index (κ3) is 4.62. The molecule has 1 aromatic rings. The van der Waals surface area contributed by atoms with Crippen LogP contribution in [0, 0.1) is 5.82 Å². The Labute approximate surface area is 106 Å². The summed E-state index contributed by atoms with van der Waals surface area (Å²) in [6.45, 7) is 5.33. The maximum Gasteiger partial charge on any atom is 0.137 e. The van der Waals surface area contributed by atoms with Crippen molar-refractivity contribution in [2.24, 2.45) is 0 Å². The van der Waals surface area contributed by atoms with E-state index in [4.69, 9.17) is 0 Å². The van der Waals surface area contributed by atoms with E-state index < -0.39 is 0 Å². The first kappa shape index (κ1) is 13.7. The van der Waals surface area contributed by atoms with Gasteiger partial charge in [-0.05, 0) is 66.4 Å². The van der Waals surface area contributed by atoms with Crippen LogP contribution in [0.15, 0.2) is 22.7 Å². The Kier molecular flexibility index (Phi) is 5.99. The van der Waals surface area contributed by atoms with Crippen molar-refractivity contribution < 1.29 is 4.39 Å². The molecular weight excluding hydrogens is 269 g/mol. The summed E-state index contributed by atoms with van der Waals surface area (Å²) in [7, 11) is 0. The molecule has 0 amide bonds. The van der Waals surface area contributed by atoms with Gasteiger partial charge < -0.3 is 5.32 Å². The number of hydrogen-bond acceptors (Lipinski definition) is 1. The Morgan fingerprint density at radius 2 is 2.19 bits per heavy atom. The monoisotopic (exact) mass is 287 g/mol. The highest BCUT2D eigenvalue weighted by Gasteiger charge is 2.02. The normalized spacial score (nSPS) is 12.8. The molecule has 0 saturated heterocycles. The second-order valence-corrected chi connectivity index (χ2v) is 4.95. The lowest BCUT2D eigenvalue weighted by molar-refractivity contribution is 0.512. The van der Waals surface area contributed by atoms with Crippen molar-refractivity contribution in [2.75, 3.05) is 6.54 Å². The molecule has 1 unspecified atom stereocenters. The van der Waals surface area contributed by atoms with Gasteiger partial charge in [-0.2, -0.15) is 0 Å². The van der Waals surface area contributed by atoms with E-state index in [2.05, 4.69) is 35.1 Å². The molecule has 1 N–H and O–H groups in total. The van der Waals surface area contributed by atoms with Crippen molar-refractivity contribution in [3.8, 4) is 0 Å². The highest BCUT2D eigenvalue weighted by Crippen LogP contribution is 2.18. The fourth-order valence-electron chi connectivity index (χ4n) is 1.76. The lowest BCUT2D eigenvalue weighted by Crippen LogP contribution is -2.25. The topological polar surface area (TPSA) is 12.0 Å². The van der Waals surface area contributed by atoms with E-state index in [1.165, 1.54) is 11.6 Å². The molecule has 1 atom stereocenters. The summed E-state index contributed by atoms with van der Waals surface area (Å²) in [5.41, 5.74) is 1.19. The van der Waals surface area contributed by atoms with Crippen molar-refractivity contribution >= 4 is 15.9 Å². The molecule has 0 aliphatic heterocycles. The van der Waals surface area contributed by atoms with Crippen LogP contribution in [0.4, 0.5) is 4.39 Å². The number of halogens is 2. The standard InChI is InChI=1S/C13H19BrFN/c1-3-16-10(2)5-4-6-11-7-8-13(15)12(14)9-11/h7-10,16H,3-6H2,1-2H3. The minimum atomic E-state index is -0.190. The lowest BCUT2D eigenvalue weighted by Gasteiger charge is -2.11. The second kappa shape index (κ2) is 7.02. The van der Waals surface area contributed by atoms with E-state index in [1.54, 1.807) is 0 Å². The Bertz CT molecular complexity index is 328. The first-order valence-corrected chi connectivity index (χ1v) is 6.60. The Morgan fingerprint density at radius 1 is 1.44 bits per heavy atom. The molecule has 1 aromatic carbocycles. The molecular formula is C13H19BrFN. The first-order valence-electron chi connectivity index (χ1n) is 5.80. The molecule has 0 heterocycles. The van der Waals surface area contributed by atoms with Crippen LogP contribution in [-0.4, -0.2) is 12.6 Å². The van der Waals surface area contributed by atoms with Crippen LogP contribution in [0.25, 0.3) is 0 Å². The molecule has 0 saturated carbocycles. The van der Waals surface area contributed by atoms with Crippen molar-refractivity contribution in [3.05, 3.63) is 34.1 Å². The minimum absolute atomic E-state index is 0.190. The van der Waals surface area contributed by atoms with E-state index in [9.17, 15) is 4.39 Å². The third-order valence-corrected chi connectivity index (χ3v) is 3.25. The molecule has 0 spiro atoms. The van der Waals surface area contributed by atoms with Gasteiger partial charge in [0.05, 0.1) is 4.47 Å². The van der Waals surface area contributed by atoms with Gasteiger partial charge in [-0.15, -0.1) is 0 Å². The zero-order chi connectivity index (χ0) is 12.0. The highest BCUT2D eigenvalue weighted by atomic mass is 79.9. The number of hydrogen-bond donors (Lipinski definition) is 1. The van der Waals surface area contributed by atoms with E-state index in [0.29, 0.717) is 10.5 Å². The SMILES string of the molecule is CCNC(C)CCCc1ccc(F)c(Br)c1. The van der Waals surface area contributed by atoms with E-state index in [-0.39, 0.29) is 5.82 Å². The third-order valence-electron chi connectivity index (χ3n) is 2.64. The zero-order valence-corrected chi connectivity index (χ0v) is 11.5. The molecule has 1 rings (SSSR count). The van der Waals surface area contributed by atoms with Crippen LogP contribution in [-0.2, 0) is 6.42 Å². The highest BCUT2D eigenvalue weighted by molar-refractivity contribution is 9.10. The van der Waals surface area contributed by atoms with Crippen LogP contribution in [0.5, 0.6) is 0 Å². The summed E-state index contributed by atoms with van der Waals surface area (Å²) in [5, 5.41) is 3.38. The molecule has 3 heteroatoms. The Morgan fingerprint density at radius 3 is 2.81 bits per heavy atom. The molecule has 16 heavy (non-hydrogen) atoms. The largest absolute Gasteiger partial charge is 0.315 e. The maximum absolute atomic E-state index is 13.0. The van der Waals surface area contributed by atoms with Gasteiger partial charge in [0.2, 0.25) is 0 Å². The fraction of sp³-hybridized carbons (Fsp3) is 0.538. The van der Waals surface area contributed by atoms with Gasteiger partial charge in [-0.25, -0.2) is 4.39 Å². The van der Waals surface area contributed by atoms with Gasteiger partial charge in [0, 0.05) is 6.04 Å². The molecule has 0 aromatic heterocycles. The summed E-state index contributed by atoms with van der Waals surface area (Å²) < 4.78 is 13.6. The van der Waals surface area contributed by atoms with Crippen molar-refractivity contribution in [1.82, 2.24) is 5.32 Å². The van der Waals surface area contributed by atoms with Gasteiger partial charge in [0.25, 0.3) is 0 Å². The van der Waals surface area contributed by atoms with Crippen LogP contribution < -0.4 is 5.32 Å². The van der Waals surface area contributed by atoms with Crippen LogP contribution in [0.2, 0.25) is 0 Å². The van der Waals surface area contributed by atoms with Gasteiger partial charge >= 0.3 is 0 Å². The summed E-state index contributed by atoms with van der Waals surface area (Å²) in [4.78, 5) is 0. The van der Waals surface area contributed by atoms with E-state index in [0.717, 1.165) is 25.8 Å². The Hall–Kier alpha value is -0.410. The average molecular weight is 288 g/mol. The number of nitrogens with one attached hydrogen (secondary N) is 1. The zero-order valence-electron chi connectivity index (χ0n) is 9.89. The smallest absolute Gasteiger partial charge is 0.137 e. The lowest BCUT2D eigenvalue weighted by atomic mass is 10.1. The molecule has 0 bridgehead atoms. The molecule has 0 aliphatic carbocycles. The quantitative estimate of drug-likeness (QED) is 0.837. The van der Waals surface area contributed by atoms with Crippen LogP contribution >= 0.6 is 15.9 Å². The number of aryl methyl sites for hydroxylation is 1. The molecule has 90 valence electrons. The van der Waals surface area contributed by atoms with Gasteiger partial charge in [0.15, 0.2) is 0 Å². The van der Waals surface area contributed by atoms with Crippen molar-refractivity contribution in [1.29, 1.82) is 0 Å². The molecule has 0 fully saturated rings. The fourth-order valence-corrected chi connectivity index (χ4v) is 2.18. The van der Waals surface area contributed by atoms with Crippen molar-refractivity contribution in [3.63, 3.8) is 0 Å². The predicted molar refractivity (Wildman–Crippen MR) is 70.2 cm³/mol. The minimum Gasteiger partial charge on any atom is -0.315 e. The molecule has 1 nitrogen and oxygen atoms in total. The second-order valence-electron chi connectivity index (χ2n) is 4.10. The van der Waals surface area contributed by atoms with E-state index in [1.807, 2.05) is 12.1 Å². The summed E-state index contributed by atoms with van der Waals surface area (Å²) in [6.07, 6.45) is 3.30. The number of benzene rings is 1. The van der Waals surface area contributed by atoms with Crippen LogP contribution in [0.1, 0.15) is 32.3 Å². The summed E-state index contributed by atoms with van der Waals surface area (Å²) in [6, 6.07) is 5.81. The van der Waals surface area contributed by atoms with E-state index >= 15 is 0 Å². The van der Waals surface area contributed by atoms with Crippen LogP contribution in [0.3, 0.4) is 0 Å². The summed E-state index contributed by atoms with van der Waals surface area (Å²) >= 11 is 3.20. The Balaban J connectivity index is 2.34. The van der Waals surface area contributed by atoms with Gasteiger partial charge in [-0.3, -0.25) is 0 Å². The maximum atomic E-state index is 13.0. The predicted octanol–water partition coefficient (Wildman–Crippen LogP) is 3.91. The summed E-state index contributed by atoms with van der Waals surface area (Å²) in [5.74, 6) is -0.190. The number of rotatable bonds is 6. The first-order chi connectivity index (χ1) is 7.63. The van der Waals surface area contributed by atoms with Crippen molar-refractivity contribution in [2.45, 2.75) is 39.2 Å². The average Bonchev–Trinajstić information content (AvgIpc) is 2.24. The van der Waals surface area contributed by atoms with Gasteiger partial charge in [0.1, 0.15) is 5.82 Å². The molecule has 0 aliphatic rings. The van der Waals surface area contributed by atoms with Gasteiger partial charge in [-0.1, -0.05) is 13.0 Å².